The van der Waals surface area contributed by atoms with Crippen LogP contribution in [-0.4, -0.2) is 50.9 Å². The number of anilines is 1. The Morgan fingerprint density at radius 2 is 1.65 bits per heavy atom. The summed E-state index contributed by atoms with van der Waals surface area (Å²) >= 11 is 0. The van der Waals surface area contributed by atoms with Gasteiger partial charge in [-0.3, -0.25) is 13.9 Å². The van der Waals surface area contributed by atoms with Crippen molar-refractivity contribution in [3.8, 4) is 5.75 Å². The molecule has 1 aliphatic carbocycles. The van der Waals surface area contributed by atoms with Gasteiger partial charge in [-0.25, -0.2) is 8.42 Å². The van der Waals surface area contributed by atoms with E-state index in [-0.39, 0.29) is 23.4 Å². The number of ether oxygens (including phenoxy) is 1. The number of carbonyl (C=O) groups is 2. The van der Waals surface area contributed by atoms with Crippen molar-refractivity contribution in [1.82, 2.24) is 10.2 Å². The smallest absolute Gasteiger partial charge is 0.264 e. The molecule has 9 heteroatoms. The topological polar surface area (TPSA) is 96.0 Å². The fourth-order valence-electron chi connectivity index (χ4n) is 5.56. The van der Waals surface area contributed by atoms with Gasteiger partial charge in [0.25, 0.3) is 10.0 Å². The number of hydrogen-bond acceptors (Lipinski definition) is 5. The molecule has 8 nitrogen and oxygen atoms in total. The highest BCUT2D eigenvalue weighted by molar-refractivity contribution is 7.92. The second-order valence-electron chi connectivity index (χ2n) is 11.2. The van der Waals surface area contributed by atoms with Gasteiger partial charge in [-0.1, -0.05) is 62.6 Å². The predicted octanol–water partition coefficient (Wildman–Crippen LogP) is 5.76. The molecule has 230 valence electrons. The van der Waals surface area contributed by atoms with E-state index in [9.17, 15) is 18.0 Å². The van der Waals surface area contributed by atoms with Crippen LogP contribution in [0.15, 0.2) is 77.7 Å². The Hall–Kier alpha value is -3.85. The van der Waals surface area contributed by atoms with Gasteiger partial charge in [0.2, 0.25) is 11.8 Å². The van der Waals surface area contributed by atoms with Crippen molar-refractivity contribution in [2.24, 2.45) is 0 Å². The molecule has 3 aromatic carbocycles. The highest BCUT2D eigenvalue weighted by atomic mass is 32.2. The lowest BCUT2D eigenvalue weighted by atomic mass is 9.95. The molecule has 3 aromatic rings. The number of amides is 2. The highest BCUT2D eigenvalue weighted by Gasteiger charge is 2.34. The maximum atomic E-state index is 14.3. The fraction of sp³-hybridized carbons (Fsp3) is 0.412. The minimum absolute atomic E-state index is 0.0783. The van der Waals surface area contributed by atoms with Crippen LogP contribution in [0.1, 0.15) is 62.1 Å². The second-order valence-corrected chi connectivity index (χ2v) is 13.1. The van der Waals surface area contributed by atoms with E-state index in [1.54, 1.807) is 37.4 Å². The first-order chi connectivity index (χ1) is 20.6. The molecule has 0 heterocycles. The summed E-state index contributed by atoms with van der Waals surface area (Å²) in [6, 6.07) is 20.1. The van der Waals surface area contributed by atoms with Gasteiger partial charge in [0.15, 0.2) is 0 Å². The average molecular weight is 606 g/mol. The third-order valence-corrected chi connectivity index (χ3v) is 10.0. The molecule has 0 radical (unpaired) electrons. The molecule has 0 aliphatic heterocycles. The second kappa shape index (κ2) is 14.6. The molecule has 43 heavy (non-hydrogen) atoms. The van der Waals surface area contributed by atoms with E-state index >= 15 is 0 Å². The largest absolute Gasteiger partial charge is 0.497 e. The van der Waals surface area contributed by atoms with E-state index in [1.807, 2.05) is 51.1 Å². The van der Waals surface area contributed by atoms with Crippen LogP contribution in [0.5, 0.6) is 5.75 Å². The van der Waals surface area contributed by atoms with Gasteiger partial charge in [0, 0.05) is 12.6 Å². The first-order valence-electron chi connectivity index (χ1n) is 15.0. The number of nitrogens with zero attached hydrogens (tertiary/aromatic N) is 2. The maximum absolute atomic E-state index is 14.3. The molecule has 1 atom stereocenters. The van der Waals surface area contributed by atoms with E-state index in [4.69, 9.17) is 4.74 Å². The summed E-state index contributed by atoms with van der Waals surface area (Å²) in [7, 11) is -2.53. The van der Waals surface area contributed by atoms with Crippen LogP contribution >= 0.6 is 0 Å². The first kappa shape index (κ1) is 32.1. The molecule has 1 fully saturated rings. The van der Waals surface area contributed by atoms with Gasteiger partial charge >= 0.3 is 0 Å². The van der Waals surface area contributed by atoms with Crippen molar-refractivity contribution in [1.29, 1.82) is 0 Å². The van der Waals surface area contributed by atoms with Crippen LogP contribution in [0, 0.1) is 13.8 Å². The number of carbonyl (C=O) groups excluding carboxylic acids is 2. The predicted molar refractivity (Wildman–Crippen MR) is 170 cm³/mol. The van der Waals surface area contributed by atoms with E-state index < -0.39 is 28.5 Å². The zero-order valence-electron chi connectivity index (χ0n) is 25.6. The van der Waals surface area contributed by atoms with Crippen molar-refractivity contribution >= 4 is 27.5 Å². The normalized spacial score (nSPS) is 14.5. The minimum atomic E-state index is -4.11. The Labute approximate surface area is 256 Å². The number of sulfonamides is 1. The molecule has 2 amide bonds. The van der Waals surface area contributed by atoms with Crippen LogP contribution in [0.3, 0.4) is 0 Å². The molecule has 1 unspecified atom stereocenters. The van der Waals surface area contributed by atoms with Gasteiger partial charge in [0.1, 0.15) is 18.3 Å². The van der Waals surface area contributed by atoms with E-state index in [0.29, 0.717) is 17.9 Å². The van der Waals surface area contributed by atoms with Crippen LogP contribution in [0.25, 0.3) is 0 Å². The molecule has 1 N–H and O–H groups in total. The van der Waals surface area contributed by atoms with Crippen molar-refractivity contribution in [3.63, 3.8) is 0 Å². The Balaban J connectivity index is 1.72. The molecular formula is C34H43N3O5S. The fourth-order valence-corrected chi connectivity index (χ4v) is 6.99. The van der Waals surface area contributed by atoms with Crippen LogP contribution in [0.4, 0.5) is 5.69 Å². The quantitative estimate of drug-likeness (QED) is 0.283. The molecule has 0 saturated heterocycles. The standard InChI is InChI=1S/C34H43N3O5S/c1-5-32(34(39)35-28-14-8-6-9-15-28)36(23-27-13-12-16-30(22-27)42-4)33(38)24-37(29-20-19-25(2)26(3)21-29)43(40,41)31-17-10-7-11-18-31/h7,10-13,16-22,28,32H,5-6,8-9,14-15,23-24H2,1-4H3,(H,35,39). The first-order valence-corrected chi connectivity index (χ1v) is 16.5. The Morgan fingerprint density at radius 3 is 2.30 bits per heavy atom. The van der Waals surface area contributed by atoms with Crippen LogP contribution in [0.2, 0.25) is 0 Å². The number of methoxy groups -OCH3 is 1. The summed E-state index contributed by atoms with van der Waals surface area (Å²) in [5, 5.41) is 3.18. The van der Waals surface area contributed by atoms with Gasteiger partial charge in [-0.15, -0.1) is 0 Å². The molecule has 0 aromatic heterocycles. The van der Waals surface area contributed by atoms with Gasteiger partial charge < -0.3 is 15.0 Å². The molecular weight excluding hydrogens is 562 g/mol. The summed E-state index contributed by atoms with van der Waals surface area (Å²) in [5.41, 5.74) is 3.09. The van der Waals surface area contributed by atoms with Crippen LogP contribution < -0.4 is 14.4 Å². The third-order valence-electron chi connectivity index (χ3n) is 8.21. The van der Waals surface area contributed by atoms with Gasteiger partial charge in [-0.05, 0) is 86.2 Å². The lowest BCUT2D eigenvalue weighted by Crippen LogP contribution is -2.54. The van der Waals surface area contributed by atoms with Crippen molar-refractivity contribution in [3.05, 3.63) is 89.5 Å². The number of aryl methyl sites for hydroxylation is 2. The number of benzene rings is 3. The summed E-state index contributed by atoms with van der Waals surface area (Å²) < 4.78 is 34.6. The van der Waals surface area contributed by atoms with E-state index in [2.05, 4.69) is 5.32 Å². The Bertz CT molecular complexity index is 1500. The van der Waals surface area contributed by atoms with Crippen LogP contribution in [-0.2, 0) is 26.2 Å². The van der Waals surface area contributed by atoms with Gasteiger partial charge in [-0.2, -0.15) is 0 Å². The minimum Gasteiger partial charge on any atom is -0.497 e. The zero-order chi connectivity index (χ0) is 31.0. The van der Waals surface area contributed by atoms with Crippen molar-refractivity contribution in [2.45, 2.75) is 82.8 Å². The number of nitrogens with one attached hydrogen (secondary N) is 1. The third kappa shape index (κ3) is 7.96. The van der Waals surface area contributed by atoms with E-state index in [0.717, 1.165) is 53.1 Å². The van der Waals surface area contributed by atoms with Gasteiger partial charge in [0.05, 0.1) is 17.7 Å². The molecule has 0 bridgehead atoms. The SMILES string of the molecule is CCC(C(=O)NC1CCCCC1)N(Cc1cccc(OC)c1)C(=O)CN(c1ccc(C)c(C)c1)S(=O)(=O)c1ccccc1. The maximum Gasteiger partial charge on any atom is 0.264 e. The summed E-state index contributed by atoms with van der Waals surface area (Å²) in [6.07, 6.45) is 5.51. The Kier molecular flexibility index (Phi) is 10.9. The Morgan fingerprint density at radius 1 is 0.930 bits per heavy atom. The van der Waals surface area contributed by atoms with Crippen molar-refractivity contribution in [2.75, 3.05) is 18.0 Å². The number of hydrogen-bond donors (Lipinski definition) is 1. The van der Waals surface area contributed by atoms with Crippen molar-refractivity contribution < 1.29 is 22.7 Å². The molecule has 1 aliphatic rings. The molecule has 0 spiro atoms. The molecule has 4 rings (SSSR count). The highest BCUT2D eigenvalue weighted by Crippen LogP contribution is 2.27. The average Bonchev–Trinajstić information content (AvgIpc) is 3.02. The lowest BCUT2D eigenvalue weighted by molar-refractivity contribution is -0.140. The summed E-state index contributed by atoms with van der Waals surface area (Å²) in [6.45, 7) is 5.40. The van der Waals surface area contributed by atoms with E-state index in [1.165, 1.54) is 17.0 Å². The summed E-state index contributed by atoms with van der Waals surface area (Å²) in [5.74, 6) is -0.0477. The molecule has 1 saturated carbocycles. The zero-order valence-corrected chi connectivity index (χ0v) is 26.4. The lowest BCUT2D eigenvalue weighted by Gasteiger charge is -2.34. The number of rotatable bonds is 12. The monoisotopic (exact) mass is 605 g/mol. The summed E-state index contributed by atoms with van der Waals surface area (Å²) in [4.78, 5) is 29.6.